The number of benzene rings is 1. The first-order valence-corrected chi connectivity index (χ1v) is 10.4. The fourth-order valence-electron chi connectivity index (χ4n) is 3.75. The van der Waals surface area contributed by atoms with Gasteiger partial charge in [0.2, 0.25) is 5.91 Å². The van der Waals surface area contributed by atoms with Gasteiger partial charge >= 0.3 is 0 Å². The molecule has 1 unspecified atom stereocenters. The zero-order valence-electron chi connectivity index (χ0n) is 15.5. The summed E-state index contributed by atoms with van der Waals surface area (Å²) in [5.74, 6) is 1.54. The molecular weight excluding hydrogens is 360 g/mol. The highest BCUT2D eigenvalue weighted by atomic mass is 32.1. The van der Waals surface area contributed by atoms with Crippen LogP contribution in [0, 0.1) is 5.92 Å². The molecule has 1 aliphatic heterocycles. The first-order valence-electron chi connectivity index (χ1n) is 9.53. The molecule has 0 saturated heterocycles. The van der Waals surface area contributed by atoms with Crippen molar-refractivity contribution >= 4 is 28.8 Å². The van der Waals surface area contributed by atoms with Crippen molar-refractivity contribution in [3.8, 4) is 5.75 Å². The van der Waals surface area contributed by atoms with Gasteiger partial charge in [-0.2, -0.15) is 0 Å². The van der Waals surface area contributed by atoms with Crippen molar-refractivity contribution in [1.29, 1.82) is 0 Å². The lowest BCUT2D eigenvalue weighted by molar-refractivity contribution is -0.116. The maximum atomic E-state index is 12.5. The Morgan fingerprint density at radius 1 is 1.33 bits per heavy atom. The Morgan fingerprint density at radius 3 is 3.11 bits per heavy atom. The van der Waals surface area contributed by atoms with Crippen LogP contribution in [0.15, 0.2) is 23.6 Å². The molecule has 1 aromatic heterocycles. The molecule has 1 aliphatic carbocycles. The molecule has 0 bridgehead atoms. The number of thiophene rings is 1. The summed E-state index contributed by atoms with van der Waals surface area (Å²) in [5.41, 5.74) is 4.04. The highest BCUT2D eigenvalue weighted by Gasteiger charge is 2.23. The van der Waals surface area contributed by atoms with E-state index in [1.54, 1.807) is 11.3 Å². The van der Waals surface area contributed by atoms with Crippen molar-refractivity contribution in [2.45, 2.75) is 39.0 Å². The lowest BCUT2D eigenvalue weighted by Gasteiger charge is -2.19. The molecule has 2 N–H and O–H groups in total. The van der Waals surface area contributed by atoms with Crippen LogP contribution >= 0.6 is 11.3 Å². The fourth-order valence-corrected chi connectivity index (χ4v) is 4.99. The first kappa shape index (κ1) is 18.0. The van der Waals surface area contributed by atoms with Gasteiger partial charge in [-0.1, -0.05) is 6.92 Å². The van der Waals surface area contributed by atoms with Crippen LogP contribution in [0.4, 0.5) is 5.69 Å². The molecule has 0 saturated carbocycles. The quantitative estimate of drug-likeness (QED) is 0.775. The predicted molar refractivity (Wildman–Crippen MR) is 107 cm³/mol. The summed E-state index contributed by atoms with van der Waals surface area (Å²) in [6, 6.07) is 5.69. The molecule has 2 aliphatic rings. The van der Waals surface area contributed by atoms with Crippen LogP contribution in [0.25, 0.3) is 0 Å². The van der Waals surface area contributed by atoms with Crippen LogP contribution in [-0.4, -0.2) is 25.0 Å². The summed E-state index contributed by atoms with van der Waals surface area (Å²) in [5, 5.41) is 7.83. The lowest BCUT2D eigenvalue weighted by Crippen LogP contribution is -2.29. The van der Waals surface area contributed by atoms with Crippen molar-refractivity contribution in [2.24, 2.45) is 5.92 Å². The monoisotopic (exact) mass is 384 g/mol. The van der Waals surface area contributed by atoms with E-state index in [9.17, 15) is 9.59 Å². The van der Waals surface area contributed by atoms with E-state index in [1.807, 2.05) is 23.6 Å². The minimum atomic E-state index is -0.00111. The van der Waals surface area contributed by atoms with Gasteiger partial charge in [0.1, 0.15) is 12.4 Å². The predicted octanol–water partition coefficient (Wildman–Crippen LogP) is 3.57. The second-order valence-corrected chi connectivity index (χ2v) is 8.33. The molecule has 0 spiro atoms. The second-order valence-electron chi connectivity index (χ2n) is 7.37. The molecule has 5 nitrogen and oxygen atoms in total. The summed E-state index contributed by atoms with van der Waals surface area (Å²) in [6.07, 6.45) is 4.50. The smallest absolute Gasteiger partial charge is 0.252 e. The number of aryl methyl sites for hydroxylation is 1. The van der Waals surface area contributed by atoms with E-state index < -0.39 is 0 Å². The number of hydrogen-bond donors (Lipinski definition) is 2. The van der Waals surface area contributed by atoms with Crippen LogP contribution < -0.4 is 15.4 Å². The number of hydrogen-bond acceptors (Lipinski definition) is 4. The number of ether oxygens (including phenoxy) is 1. The number of carbonyl (C=O) groups excluding carboxylic acids is 2. The zero-order valence-corrected chi connectivity index (χ0v) is 16.3. The SMILES string of the molecule is CC1CCc2c(C(=O)NCCOc3ccc4c(c3)CCC(=O)N4)csc2C1. The van der Waals surface area contributed by atoms with Crippen molar-refractivity contribution < 1.29 is 14.3 Å². The van der Waals surface area contributed by atoms with E-state index in [4.69, 9.17) is 4.74 Å². The Morgan fingerprint density at radius 2 is 2.22 bits per heavy atom. The number of nitrogens with one attached hydrogen (secondary N) is 2. The normalized spacial score (nSPS) is 18.3. The molecule has 0 radical (unpaired) electrons. The third kappa shape index (κ3) is 4.00. The molecule has 6 heteroatoms. The molecule has 0 fully saturated rings. The summed E-state index contributed by atoms with van der Waals surface area (Å²) < 4.78 is 5.77. The summed E-state index contributed by atoms with van der Waals surface area (Å²) in [6.45, 7) is 3.16. The van der Waals surface area contributed by atoms with Gasteiger partial charge in [0.05, 0.1) is 12.1 Å². The van der Waals surface area contributed by atoms with Gasteiger partial charge in [0, 0.05) is 22.4 Å². The maximum absolute atomic E-state index is 12.5. The Labute approximate surface area is 163 Å². The van der Waals surface area contributed by atoms with Crippen LogP contribution in [0.3, 0.4) is 0 Å². The summed E-state index contributed by atoms with van der Waals surface area (Å²) in [7, 11) is 0. The average molecular weight is 385 g/mol. The van der Waals surface area contributed by atoms with Gasteiger partial charge in [-0.15, -0.1) is 11.3 Å². The number of anilines is 1. The number of amides is 2. The zero-order chi connectivity index (χ0) is 18.8. The molecule has 1 aromatic carbocycles. The van der Waals surface area contributed by atoms with Gasteiger partial charge in [-0.25, -0.2) is 0 Å². The Bertz CT molecular complexity index is 874. The van der Waals surface area contributed by atoms with Gasteiger partial charge in [-0.05, 0) is 60.9 Å². The van der Waals surface area contributed by atoms with Crippen molar-refractivity contribution in [1.82, 2.24) is 5.32 Å². The molecule has 2 amide bonds. The van der Waals surface area contributed by atoms with E-state index >= 15 is 0 Å². The average Bonchev–Trinajstić information content (AvgIpc) is 3.08. The number of fused-ring (bicyclic) bond motifs is 2. The van der Waals surface area contributed by atoms with Crippen molar-refractivity contribution in [3.63, 3.8) is 0 Å². The van der Waals surface area contributed by atoms with Gasteiger partial charge in [0.25, 0.3) is 5.91 Å². The topological polar surface area (TPSA) is 67.4 Å². The number of rotatable bonds is 5. The molecule has 142 valence electrons. The third-order valence-corrected chi connectivity index (χ3v) is 6.33. The Kier molecular flexibility index (Phi) is 5.16. The summed E-state index contributed by atoms with van der Waals surface area (Å²) in [4.78, 5) is 25.3. The molecule has 1 atom stereocenters. The van der Waals surface area contributed by atoms with Crippen LogP contribution in [0.5, 0.6) is 5.75 Å². The van der Waals surface area contributed by atoms with Gasteiger partial charge in [0.15, 0.2) is 0 Å². The third-order valence-electron chi connectivity index (χ3n) is 5.27. The highest BCUT2D eigenvalue weighted by Crippen LogP contribution is 2.32. The minimum absolute atomic E-state index is 0.00111. The number of carbonyl (C=O) groups is 2. The fraction of sp³-hybridized carbons (Fsp3) is 0.429. The molecule has 4 rings (SSSR count). The Balaban J connectivity index is 1.28. The van der Waals surface area contributed by atoms with Crippen molar-refractivity contribution in [3.05, 3.63) is 45.1 Å². The van der Waals surface area contributed by atoms with E-state index in [2.05, 4.69) is 17.6 Å². The van der Waals surface area contributed by atoms with Gasteiger partial charge in [-0.3, -0.25) is 9.59 Å². The summed E-state index contributed by atoms with van der Waals surface area (Å²) >= 11 is 1.71. The van der Waals surface area contributed by atoms with Crippen LogP contribution in [0.2, 0.25) is 0 Å². The van der Waals surface area contributed by atoms with Crippen LogP contribution in [0.1, 0.15) is 46.1 Å². The van der Waals surface area contributed by atoms with E-state index in [0.717, 1.165) is 48.2 Å². The molecule has 2 aromatic rings. The molecule has 27 heavy (non-hydrogen) atoms. The van der Waals surface area contributed by atoms with E-state index in [0.29, 0.717) is 25.5 Å². The van der Waals surface area contributed by atoms with Crippen molar-refractivity contribution in [2.75, 3.05) is 18.5 Å². The lowest BCUT2D eigenvalue weighted by atomic mass is 9.88. The second kappa shape index (κ2) is 7.72. The maximum Gasteiger partial charge on any atom is 0.252 e. The molecule has 2 heterocycles. The van der Waals surface area contributed by atoms with Gasteiger partial charge < -0.3 is 15.4 Å². The van der Waals surface area contributed by atoms with Crippen LogP contribution in [-0.2, 0) is 24.1 Å². The first-order chi connectivity index (χ1) is 13.1. The largest absolute Gasteiger partial charge is 0.492 e. The highest BCUT2D eigenvalue weighted by molar-refractivity contribution is 7.10. The van der Waals surface area contributed by atoms with E-state index in [-0.39, 0.29) is 11.8 Å². The molecular formula is C21H24N2O3S. The van der Waals surface area contributed by atoms with E-state index in [1.165, 1.54) is 10.4 Å². The standard InChI is InChI=1S/C21H24N2O3S/c1-13-2-5-16-17(12-27-19(16)10-13)21(25)22-8-9-26-15-4-6-18-14(11-15)3-7-20(24)23-18/h4,6,11-13H,2-3,5,7-10H2,1H3,(H,22,25)(H,23,24). The minimum Gasteiger partial charge on any atom is -0.492 e. The Hall–Kier alpha value is -2.34.